The van der Waals surface area contributed by atoms with E-state index in [0.717, 1.165) is 0 Å². The Balaban J connectivity index is 2.31. The van der Waals surface area contributed by atoms with Crippen molar-refractivity contribution >= 4 is 11.5 Å². The number of nitrogens with zero attached hydrogens (tertiary/aromatic N) is 1. The Kier molecular flexibility index (Phi) is 4.76. The molecule has 1 aromatic rings. The molecular formula is C14H14F6N2O. The van der Waals surface area contributed by atoms with Crippen LogP contribution < -0.4 is 10.1 Å². The molecule has 0 spiro atoms. The first-order valence-corrected chi connectivity index (χ1v) is 6.78. The molecule has 1 aliphatic heterocycles. The molecule has 0 radical (unpaired) electrons. The largest absolute Gasteiger partial charge is 0.496 e. The smallest absolute Gasteiger partial charge is 0.449 e. The Morgan fingerprint density at radius 2 is 1.87 bits per heavy atom. The molecule has 0 aliphatic carbocycles. The molecule has 9 heteroatoms. The van der Waals surface area contributed by atoms with E-state index in [1.54, 1.807) is 0 Å². The van der Waals surface area contributed by atoms with Gasteiger partial charge in [0.05, 0.1) is 18.8 Å². The highest BCUT2D eigenvalue weighted by atomic mass is 19.4. The zero-order valence-corrected chi connectivity index (χ0v) is 12.1. The van der Waals surface area contributed by atoms with Crippen molar-refractivity contribution in [3.63, 3.8) is 0 Å². The van der Waals surface area contributed by atoms with Crippen LogP contribution in [-0.2, 0) is 0 Å². The fraction of sp³-hybridized carbons (Fsp3) is 0.500. The van der Waals surface area contributed by atoms with Crippen LogP contribution in [0.1, 0.15) is 30.9 Å². The molecule has 23 heavy (non-hydrogen) atoms. The van der Waals surface area contributed by atoms with Gasteiger partial charge < -0.3 is 10.1 Å². The molecule has 0 bridgehead atoms. The Morgan fingerprint density at radius 1 is 1.17 bits per heavy atom. The second kappa shape index (κ2) is 6.29. The van der Waals surface area contributed by atoms with Crippen molar-refractivity contribution < 1.29 is 31.1 Å². The van der Waals surface area contributed by atoms with E-state index in [2.05, 4.69) is 10.3 Å². The number of alkyl halides is 6. The average molecular weight is 340 g/mol. The second-order valence-electron chi connectivity index (χ2n) is 5.06. The van der Waals surface area contributed by atoms with E-state index in [1.807, 2.05) is 0 Å². The van der Waals surface area contributed by atoms with Crippen LogP contribution >= 0.6 is 0 Å². The Labute approximate surface area is 128 Å². The van der Waals surface area contributed by atoms with Crippen molar-refractivity contribution in [3.8, 4) is 5.75 Å². The molecule has 1 aromatic carbocycles. The van der Waals surface area contributed by atoms with Gasteiger partial charge in [-0.2, -0.15) is 26.3 Å². The molecule has 1 unspecified atom stereocenters. The molecule has 128 valence electrons. The Hall–Kier alpha value is -1.93. The number of benzene rings is 1. The van der Waals surface area contributed by atoms with Gasteiger partial charge in [-0.3, -0.25) is 0 Å². The zero-order chi connectivity index (χ0) is 17.3. The summed E-state index contributed by atoms with van der Waals surface area (Å²) in [5.74, 6) is -0.924. The lowest BCUT2D eigenvalue weighted by Crippen LogP contribution is -2.41. The van der Waals surface area contributed by atoms with Gasteiger partial charge in [-0.05, 0) is 25.0 Å². The van der Waals surface area contributed by atoms with Crippen molar-refractivity contribution in [2.24, 2.45) is 4.99 Å². The second-order valence-corrected chi connectivity index (χ2v) is 5.06. The number of rotatable bonds is 4. The predicted octanol–water partition coefficient (Wildman–Crippen LogP) is 4.66. The van der Waals surface area contributed by atoms with Crippen LogP contribution in [0, 0.1) is 0 Å². The summed E-state index contributed by atoms with van der Waals surface area (Å²) in [6.07, 6.45) is -10.5. The SMILES string of the molecule is COc1cccc2c1C(CCCC(F)(F)F)NC(C(F)(F)F)=N2. The van der Waals surface area contributed by atoms with Crippen molar-refractivity contribution in [2.45, 2.75) is 37.7 Å². The van der Waals surface area contributed by atoms with E-state index in [0.29, 0.717) is 5.56 Å². The number of fused-ring (bicyclic) bond motifs is 1. The predicted molar refractivity (Wildman–Crippen MR) is 71.9 cm³/mol. The fourth-order valence-corrected chi connectivity index (χ4v) is 2.42. The van der Waals surface area contributed by atoms with Crippen molar-refractivity contribution in [3.05, 3.63) is 23.8 Å². The molecule has 1 aliphatic rings. The normalized spacial score (nSPS) is 18.0. The summed E-state index contributed by atoms with van der Waals surface area (Å²) < 4.78 is 80.6. The van der Waals surface area contributed by atoms with Crippen LogP contribution in [0.15, 0.2) is 23.2 Å². The zero-order valence-electron chi connectivity index (χ0n) is 12.1. The van der Waals surface area contributed by atoms with Gasteiger partial charge in [-0.25, -0.2) is 4.99 Å². The quantitative estimate of drug-likeness (QED) is 0.809. The Bertz CT molecular complexity index is 594. The van der Waals surface area contributed by atoms with Gasteiger partial charge in [0.25, 0.3) is 0 Å². The fourth-order valence-electron chi connectivity index (χ4n) is 2.42. The van der Waals surface area contributed by atoms with Crippen LogP contribution in [0.2, 0.25) is 0 Å². The molecule has 1 N–H and O–H groups in total. The highest BCUT2D eigenvalue weighted by Gasteiger charge is 2.41. The number of nitrogens with one attached hydrogen (secondary N) is 1. The van der Waals surface area contributed by atoms with E-state index in [1.165, 1.54) is 25.3 Å². The molecule has 3 nitrogen and oxygen atoms in total. The third kappa shape index (κ3) is 4.29. The first-order chi connectivity index (χ1) is 10.6. The van der Waals surface area contributed by atoms with E-state index >= 15 is 0 Å². The lowest BCUT2D eigenvalue weighted by molar-refractivity contribution is -0.135. The molecule has 0 amide bonds. The summed E-state index contributed by atoms with van der Waals surface area (Å²) in [6, 6.07) is 3.44. The topological polar surface area (TPSA) is 33.6 Å². The van der Waals surface area contributed by atoms with Gasteiger partial charge >= 0.3 is 12.4 Å². The van der Waals surface area contributed by atoms with E-state index in [9.17, 15) is 26.3 Å². The van der Waals surface area contributed by atoms with Crippen molar-refractivity contribution in [1.29, 1.82) is 0 Å². The Morgan fingerprint density at radius 3 is 2.43 bits per heavy atom. The molecule has 1 heterocycles. The number of methoxy groups -OCH3 is 1. The van der Waals surface area contributed by atoms with Crippen LogP contribution in [-0.4, -0.2) is 25.3 Å². The number of aliphatic imine (C=N–C) groups is 1. The minimum atomic E-state index is -4.71. The van der Waals surface area contributed by atoms with Gasteiger partial charge in [0, 0.05) is 12.0 Å². The van der Waals surface area contributed by atoms with Gasteiger partial charge in [-0.15, -0.1) is 0 Å². The minimum absolute atomic E-state index is 0.0485. The van der Waals surface area contributed by atoms with Gasteiger partial charge in [0.15, 0.2) is 0 Å². The molecular weight excluding hydrogens is 326 g/mol. The van der Waals surface area contributed by atoms with Gasteiger partial charge in [0.2, 0.25) is 5.84 Å². The third-order valence-corrected chi connectivity index (χ3v) is 3.38. The van der Waals surface area contributed by atoms with Crippen LogP contribution in [0.25, 0.3) is 0 Å². The van der Waals surface area contributed by atoms with Gasteiger partial charge in [0.1, 0.15) is 5.75 Å². The molecule has 0 fully saturated rings. The lowest BCUT2D eigenvalue weighted by Gasteiger charge is -2.29. The van der Waals surface area contributed by atoms with Gasteiger partial charge in [-0.1, -0.05) is 6.07 Å². The highest BCUT2D eigenvalue weighted by molar-refractivity contribution is 5.92. The maximum atomic E-state index is 12.9. The number of amidine groups is 1. The highest BCUT2D eigenvalue weighted by Crippen LogP contribution is 2.41. The van der Waals surface area contributed by atoms with Crippen LogP contribution in [0.5, 0.6) is 5.75 Å². The number of halogens is 6. The number of ether oxygens (including phenoxy) is 1. The number of hydrogen-bond donors (Lipinski definition) is 1. The van der Waals surface area contributed by atoms with Crippen molar-refractivity contribution in [2.75, 3.05) is 7.11 Å². The average Bonchev–Trinajstić information content (AvgIpc) is 2.43. The third-order valence-electron chi connectivity index (χ3n) is 3.38. The molecule has 0 aromatic heterocycles. The standard InChI is InChI=1S/C14H14F6N2O/c1-23-10-6-2-4-8-11(10)9(5-3-7-13(15,16)17)22-12(21-8)14(18,19)20/h2,4,6,9H,3,5,7H2,1H3,(H,21,22). The minimum Gasteiger partial charge on any atom is -0.496 e. The number of hydrogen-bond acceptors (Lipinski definition) is 3. The summed E-state index contributed by atoms with van der Waals surface area (Å²) in [4.78, 5) is 3.51. The summed E-state index contributed by atoms with van der Waals surface area (Å²) in [6.45, 7) is 0. The first-order valence-electron chi connectivity index (χ1n) is 6.78. The molecule has 0 saturated carbocycles. The summed E-state index contributed by atoms with van der Waals surface area (Å²) in [5.41, 5.74) is 0.387. The summed E-state index contributed by atoms with van der Waals surface area (Å²) in [5, 5.41) is 2.19. The van der Waals surface area contributed by atoms with E-state index in [4.69, 9.17) is 4.74 Å². The summed E-state index contributed by atoms with van der Waals surface area (Å²) in [7, 11) is 1.34. The van der Waals surface area contributed by atoms with Crippen LogP contribution in [0.4, 0.5) is 32.0 Å². The first kappa shape index (κ1) is 17.4. The van der Waals surface area contributed by atoms with E-state index in [-0.39, 0.29) is 24.3 Å². The lowest BCUT2D eigenvalue weighted by atomic mass is 9.96. The monoisotopic (exact) mass is 340 g/mol. The van der Waals surface area contributed by atoms with Crippen molar-refractivity contribution in [1.82, 2.24) is 5.32 Å². The maximum absolute atomic E-state index is 12.9. The van der Waals surface area contributed by atoms with E-state index < -0.39 is 30.7 Å². The molecule has 0 saturated heterocycles. The summed E-state index contributed by atoms with van der Waals surface area (Å²) >= 11 is 0. The maximum Gasteiger partial charge on any atom is 0.449 e. The van der Waals surface area contributed by atoms with Crippen LogP contribution in [0.3, 0.4) is 0 Å². The molecule has 2 rings (SSSR count). The molecule has 1 atom stereocenters.